The van der Waals surface area contributed by atoms with Crippen LogP contribution in [-0.4, -0.2) is 0 Å². The summed E-state index contributed by atoms with van der Waals surface area (Å²) in [6.07, 6.45) is 0. The second-order valence-corrected chi connectivity index (χ2v) is 5.78. The van der Waals surface area contributed by atoms with Crippen molar-refractivity contribution < 1.29 is 4.42 Å². The van der Waals surface area contributed by atoms with Crippen LogP contribution in [0.3, 0.4) is 0 Å². The lowest BCUT2D eigenvalue weighted by molar-refractivity contribution is 0.379. The Morgan fingerprint density at radius 2 is 1.83 bits per heavy atom. The molecule has 2 aromatic rings. The fourth-order valence-electron chi connectivity index (χ4n) is 2.06. The van der Waals surface area contributed by atoms with Gasteiger partial charge in [-0.2, -0.15) is 0 Å². The van der Waals surface area contributed by atoms with Gasteiger partial charge in [-0.05, 0) is 46.2 Å². The molecule has 0 saturated heterocycles. The van der Waals surface area contributed by atoms with Crippen molar-refractivity contribution in [3.05, 3.63) is 57.6 Å². The Kier molecular flexibility index (Phi) is 4.83. The Balaban J connectivity index is 2.03. The molecule has 2 nitrogen and oxygen atoms in total. The highest BCUT2D eigenvalue weighted by Gasteiger charge is 2.15. The van der Waals surface area contributed by atoms with Crippen molar-refractivity contribution in [1.29, 1.82) is 0 Å². The molecule has 1 N–H and O–H groups in total. The van der Waals surface area contributed by atoms with Crippen LogP contribution in [-0.2, 0) is 6.54 Å². The molecule has 1 heterocycles. The van der Waals surface area contributed by atoms with Crippen LogP contribution in [0.2, 0.25) is 0 Å². The van der Waals surface area contributed by atoms with Crippen LogP contribution in [0.15, 0.2) is 46.9 Å². The third-order valence-corrected chi connectivity index (χ3v) is 3.53. The predicted molar refractivity (Wildman–Crippen MR) is 82.3 cm³/mol. The SMILES string of the molecule is CC(C)C(NCc1ccc(I)o1)c1ccccc1. The quantitative estimate of drug-likeness (QED) is 0.806. The average Bonchev–Trinajstić information content (AvgIpc) is 2.76. The molecular weight excluding hydrogens is 337 g/mol. The Bertz CT molecular complexity index is 478. The maximum atomic E-state index is 5.57. The molecule has 0 spiro atoms. The second-order valence-electron chi connectivity index (χ2n) is 4.72. The van der Waals surface area contributed by atoms with Gasteiger partial charge in [0.2, 0.25) is 0 Å². The average molecular weight is 355 g/mol. The van der Waals surface area contributed by atoms with Crippen molar-refractivity contribution in [2.75, 3.05) is 0 Å². The Morgan fingerprint density at radius 3 is 2.39 bits per heavy atom. The summed E-state index contributed by atoms with van der Waals surface area (Å²) in [4.78, 5) is 0. The second kappa shape index (κ2) is 6.38. The molecule has 1 aromatic carbocycles. The first-order chi connectivity index (χ1) is 8.66. The van der Waals surface area contributed by atoms with Gasteiger partial charge < -0.3 is 9.73 Å². The van der Waals surface area contributed by atoms with E-state index in [1.54, 1.807) is 0 Å². The Labute approximate surface area is 122 Å². The molecule has 96 valence electrons. The zero-order valence-corrected chi connectivity index (χ0v) is 12.8. The monoisotopic (exact) mass is 355 g/mol. The van der Waals surface area contributed by atoms with Gasteiger partial charge in [0.1, 0.15) is 5.76 Å². The van der Waals surface area contributed by atoms with Gasteiger partial charge in [-0.3, -0.25) is 0 Å². The summed E-state index contributed by atoms with van der Waals surface area (Å²) in [7, 11) is 0. The van der Waals surface area contributed by atoms with Crippen molar-refractivity contribution in [2.45, 2.75) is 26.4 Å². The highest BCUT2D eigenvalue weighted by atomic mass is 127. The molecule has 0 bridgehead atoms. The van der Waals surface area contributed by atoms with Crippen molar-refractivity contribution >= 4 is 22.6 Å². The third kappa shape index (κ3) is 3.59. The van der Waals surface area contributed by atoms with E-state index < -0.39 is 0 Å². The van der Waals surface area contributed by atoms with E-state index in [0.29, 0.717) is 12.0 Å². The number of halogens is 1. The minimum absolute atomic E-state index is 0.356. The van der Waals surface area contributed by atoms with Gasteiger partial charge in [-0.1, -0.05) is 44.2 Å². The van der Waals surface area contributed by atoms with Gasteiger partial charge in [-0.25, -0.2) is 0 Å². The minimum Gasteiger partial charge on any atom is -0.454 e. The lowest BCUT2D eigenvalue weighted by Gasteiger charge is -2.22. The number of rotatable bonds is 5. The van der Waals surface area contributed by atoms with Crippen LogP contribution < -0.4 is 5.32 Å². The van der Waals surface area contributed by atoms with Gasteiger partial charge in [0, 0.05) is 6.04 Å². The number of furan rings is 1. The van der Waals surface area contributed by atoms with Crippen LogP contribution in [0.25, 0.3) is 0 Å². The molecule has 0 aliphatic carbocycles. The molecule has 0 aliphatic rings. The Hall–Kier alpha value is -0.810. The standard InChI is InChI=1S/C15H18INO/c1-11(2)15(12-6-4-3-5-7-12)17-10-13-8-9-14(16)18-13/h3-9,11,15,17H,10H2,1-2H3. The molecule has 1 aromatic heterocycles. The summed E-state index contributed by atoms with van der Waals surface area (Å²) in [5.41, 5.74) is 1.33. The number of nitrogens with one attached hydrogen (secondary N) is 1. The van der Waals surface area contributed by atoms with Crippen LogP contribution in [0.5, 0.6) is 0 Å². The summed E-state index contributed by atoms with van der Waals surface area (Å²) in [6, 6.07) is 14.9. The normalized spacial score (nSPS) is 12.9. The molecule has 0 aliphatic heterocycles. The summed E-state index contributed by atoms with van der Waals surface area (Å²) < 4.78 is 6.51. The molecular formula is C15H18INO. The molecule has 1 unspecified atom stereocenters. The van der Waals surface area contributed by atoms with E-state index in [-0.39, 0.29) is 0 Å². The zero-order valence-electron chi connectivity index (χ0n) is 10.7. The molecule has 1 atom stereocenters. The summed E-state index contributed by atoms with van der Waals surface area (Å²) >= 11 is 2.19. The third-order valence-electron chi connectivity index (χ3n) is 2.95. The highest BCUT2D eigenvalue weighted by Crippen LogP contribution is 2.22. The first-order valence-electron chi connectivity index (χ1n) is 6.19. The predicted octanol–water partition coefficient (Wildman–Crippen LogP) is 4.37. The van der Waals surface area contributed by atoms with E-state index in [4.69, 9.17) is 4.42 Å². The molecule has 18 heavy (non-hydrogen) atoms. The summed E-state index contributed by atoms with van der Waals surface area (Å²) in [5.74, 6) is 1.53. The van der Waals surface area contributed by atoms with E-state index in [1.807, 2.05) is 12.1 Å². The van der Waals surface area contributed by atoms with Gasteiger partial charge in [0.25, 0.3) is 0 Å². The zero-order chi connectivity index (χ0) is 13.0. The van der Waals surface area contributed by atoms with Crippen LogP contribution in [0.4, 0.5) is 0 Å². The van der Waals surface area contributed by atoms with Crippen molar-refractivity contribution in [1.82, 2.24) is 5.32 Å². The van der Waals surface area contributed by atoms with Gasteiger partial charge in [-0.15, -0.1) is 0 Å². The summed E-state index contributed by atoms with van der Waals surface area (Å²) in [6.45, 7) is 5.23. The van der Waals surface area contributed by atoms with Crippen molar-refractivity contribution in [3.8, 4) is 0 Å². The minimum atomic E-state index is 0.356. The maximum Gasteiger partial charge on any atom is 0.164 e. The fraction of sp³-hybridized carbons (Fsp3) is 0.333. The van der Waals surface area contributed by atoms with E-state index in [0.717, 1.165) is 16.1 Å². The van der Waals surface area contributed by atoms with E-state index in [1.165, 1.54) is 5.56 Å². The van der Waals surface area contributed by atoms with Gasteiger partial charge in [0.15, 0.2) is 3.77 Å². The van der Waals surface area contributed by atoms with Crippen molar-refractivity contribution in [2.24, 2.45) is 5.92 Å². The first-order valence-corrected chi connectivity index (χ1v) is 7.27. The molecule has 3 heteroatoms. The topological polar surface area (TPSA) is 25.2 Å². The molecule has 2 rings (SSSR count). The van der Waals surface area contributed by atoms with E-state index in [9.17, 15) is 0 Å². The smallest absolute Gasteiger partial charge is 0.164 e. The first kappa shape index (κ1) is 13.6. The highest BCUT2D eigenvalue weighted by molar-refractivity contribution is 14.1. The lowest BCUT2D eigenvalue weighted by Crippen LogP contribution is -2.25. The number of hydrogen-bond acceptors (Lipinski definition) is 2. The van der Waals surface area contributed by atoms with E-state index >= 15 is 0 Å². The molecule has 0 saturated carbocycles. The Morgan fingerprint density at radius 1 is 1.11 bits per heavy atom. The van der Waals surface area contributed by atoms with Crippen molar-refractivity contribution in [3.63, 3.8) is 0 Å². The molecule has 0 amide bonds. The van der Waals surface area contributed by atoms with Gasteiger partial charge >= 0.3 is 0 Å². The summed E-state index contributed by atoms with van der Waals surface area (Å²) in [5, 5.41) is 3.57. The van der Waals surface area contributed by atoms with E-state index in [2.05, 4.69) is 72.1 Å². The number of benzene rings is 1. The fourth-order valence-corrected chi connectivity index (χ4v) is 2.52. The lowest BCUT2D eigenvalue weighted by atomic mass is 9.96. The van der Waals surface area contributed by atoms with Gasteiger partial charge in [0.05, 0.1) is 6.54 Å². The van der Waals surface area contributed by atoms with Crippen LogP contribution in [0, 0.1) is 9.68 Å². The van der Waals surface area contributed by atoms with Crippen LogP contribution in [0.1, 0.15) is 31.2 Å². The largest absolute Gasteiger partial charge is 0.454 e. The number of hydrogen-bond donors (Lipinski definition) is 1. The maximum absolute atomic E-state index is 5.57. The molecule has 0 radical (unpaired) electrons. The van der Waals surface area contributed by atoms with Crippen LogP contribution >= 0.6 is 22.6 Å². The molecule has 0 fully saturated rings.